The Morgan fingerprint density at radius 3 is 2.32 bits per heavy atom. The highest BCUT2D eigenvalue weighted by atomic mass is 35.5. The number of benzene rings is 1. The minimum atomic E-state index is -0.804. The molecule has 0 unspecified atom stereocenters. The van der Waals surface area contributed by atoms with Gasteiger partial charge >= 0.3 is 5.97 Å². The molecule has 0 heterocycles. The summed E-state index contributed by atoms with van der Waals surface area (Å²) < 4.78 is 4.81. The monoisotopic (exact) mass is 346 g/mol. The number of carbonyl (C=O) groups excluding carboxylic acids is 3. The second-order valence-electron chi connectivity index (χ2n) is 4.30. The lowest BCUT2D eigenvalue weighted by Gasteiger charge is -2.08. The normalized spacial score (nSPS) is 9.95. The molecule has 0 saturated heterocycles. The summed E-state index contributed by atoms with van der Waals surface area (Å²) in [7, 11) is 0. The molecule has 2 amide bonds. The van der Waals surface area contributed by atoms with E-state index in [1.165, 1.54) is 12.1 Å². The van der Waals surface area contributed by atoms with Crippen LogP contribution in [0.25, 0.3) is 0 Å². The van der Waals surface area contributed by atoms with Crippen molar-refractivity contribution < 1.29 is 19.1 Å². The zero-order chi connectivity index (χ0) is 16.5. The number of amides is 2. The quantitative estimate of drug-likeness (QED) is 0.737. The van der Waals surface area contributed by atoms with E-state index in [-0.39, 0.29) is 28.1 Å². The molecular weight excluding hydrogens is 331 g/mol. The van der Waals surface area contributed by atoms with Crippen LogP contribution < -0.4 is 10.6 Å². The molecule has 1 aromatic rings. The number of esters is 1. The molecule has 6 nitrogen and oxygen atoms in total. The van der Waals surface area contributed by atoms with Crippen molar-refractivity contribution in [3.63, 3.8) is 0 Å². The van der Waals surface area contributed by atoms with Gasteiger partial charge in [0.1, 0.15) is 0 Å². The largest absolute Gasteiger partial charge is 0.452 e. The van der Waals surface area contributed by atoms with Crippen LogP contribution >= 0.6 is 23.2 Å². The predicted molar refractivity (Wildman–Crippen MR) is 83.1 cm³/mol. The van der Waals surface area contributed by atoms with Gasteiger partial charge in [0.2, 0.25) is 5.91 Å². The zero-order valence-electron chi connectivity index (χ0n) is 11.9. The van der Waals surface area contributed by atoms with E-state index < -0.39 is 18.5 Å². The average molecular weight is 347 g/mol. The summed E-state index contributed by atoms with van der Waals surface area (Å²) in [5.74, 6) is -1.71. The maximum atomic E-state index is 11.8. The highest BCUT2D eigenvalue weighted by Gasteiger charge is 2.17. The van der Waals surface area contributed by atoms with E-state index in [4.69, 9.17) is 27.9 Å². The summed E-state index contributed by atoms with van der Waals surface area (Å²) in [4.78, 5) is 34.6. The zero-order valence-corrected chi connectivity index (χ0v) is 13.5. The summed E-state index contributed by atoms with van der Waals surface area (Å²) >= 11 is 11.7. The van der Waals surface area contributed by atoms with Crippen LogP contribution in [0.4, 0.5) is 0 Å². The van der Waals surface area contributed by atoms with Crippen LogP contribution in [-0.4, -0.2) is 37.5 Å². The number of hydrogen-bond acceptors (Lipinski definition) is 4. The molecule has 0 aliphatic carbocycles. The first-order valence-electron chi connectivity index (χ1n) is 6.60. The molecule has 0 atom stereocenters. The molecule has 0 saturated carbocycles. The van der Waals surface area contributed by atoms with E-state index in [0.29, 0.717) is 6.54 Å². The van der Waals surface area contributed by atoms with Gasteiger partial charge in [-0.3, -0.25) is 9.59 Å². The van der Waals surface area contributed by atoms with Gasteiger partial charge in [0.05, 0.1) is 22.2 Å². The first-order valence-corrected chi connectivity index (χ1v) is 7.35. The van der Waals surface area contributed by atoms with Crippen molar-refractivity contribution in [3.05, 3.63) is 33.8 Å². The maximum Gasteiger partial charge on any atom is 0.341 e. The molecule has 120 valence electrons. The van der Waals surface area contributed by atoms with E-state index in [0.717, 1.165) is 6.42 Å². The molecule has 0 bridgehead atoms. The van der Waals surface area contributed by atoms with Crippen LogP contribution in [0.1, 0.15) is 23.7 Å². The van der Waals surface area contributed by atoms with Gasteiger partial charge in [0, 0.05) is 6.54 Å². The Morgan fingerprint density at radius 1 is 1.09 bits per heavy atom. The van der Waals surface area contributed by atoms with Crippen LogP contribution in [0.15, 0.2) is 18.2 Å². The minimum absolute atomic E-state index is 0.000628. The van der Waals surface area contributed by atoms with E-state index in [2.05, 4.69) is 10.6 Å². The standard InChI is InChI=1S/C14H16Cl2N2O4/c1-2-6-17-11(19)7-18-12(20)8-22-14(21)13-9(15)4-3-5-10(13)16/h3-5H,2,6-8H2,1H3,(H,17,19)(H,18,20). The maximum absolute atomic E-state index is 11.8. The van der Waals surface area contributed by atoms with Gasteiger partial charge in [-0.15, -0.1) is 0 Å². The third-order valence-corrected chi connectivity index (χ3v) is 3.15. The van der Waals surface area contributed by atoms with Gasteiger partial charge in [0.15, 0.2) is 6.61 Å². The summed E-state index contributed by atoms with van der Waals surface area (Å²) in [5, 5.41) is 5.20. The molecular formula is C14H16Cl2N2O4. The van der Waals surface area contributed by atoms with Crippen molar-refractivity contribution in [2.75, 3.05) is 19.7 Å². The summed E-state index contributed by atoms with van der Waals surface area (Å²) in [5.41, 5.74) is -0.000628. The smallest absolute Gasteiger partial charge is 0.341 e. The molecule has 1 rings (SSSR count). The Kier molecular flexibility index (Phi) is 7.70. The topological polar surface area (TPSA) is 84.5 Å². The Hall–Kier alpha value is -1.79. The van der Waals surface area contributed by atoms with E-state index in [9.17, 15) is 14.4 Å². The number of nitrogens with one attached hydrogen (secondary N) is 2. The molecule has 0 aliphatic rings. The fourth-order valence-corrected chi connectivity index (χ4v) is 2.00. The van der Waals surface area contributed by atoms with Crippen LogP contribution in [0, 0.1) is 0 Å². The fraction of sp³-hybridized carbons (Fsp3) is 0.357. The summed E-state index contributed by atoms with van der Waals surface area (Å²) in [6.07, 6.45) is 0.801. The molecule has 0 fully saturated rings. The van der Waals surface area contributed by atoms with E-state index in [1.54, 1.807) is 6.07 Å². The second-order valence-corrected chi connectivity index (χ2v) is 5.11. The average Bonchev–Trinajstić information content (AvgIpc) is 2.48. The summed E-state index contributed by atoms with van der Waals surface area (Å²) in [6, 6.07) is 4.56. The number of halogens is 2. The molecule has 0 radical (unpaired) electrons. The lowest BCUT2D eigenvalue weighted by Crippen LogP contribution is -2.38. The van der Waals surface area contributed by atoms with Gasteiger partial charge in [-0.2, -0.15) is 0 Å². The van der Waals surface area contributed by atoms with Crippen molar-refractivity contribution in [1.29, 1.82) is 0 Å². The third kappa shape index (κ3) is 5.91. The van der Waals surface area contributed by atoms with Gasteiger partial charge < -0.3 is 15.4 Å². The lowest BCUT2D eigenvalue weighted by molar-refractivity contribution is -0.127. The first-order chi connectivity index (χ1) is 10.5. The molecule has 0 aromatic heterocycles. The second kappa shape index (κ2) is 9.27. The van der Waals surface area contributed by atoms with Gasteiger partial charge in [-0.1, -0.05) is 36.2 Å². The van der Waals surface area contributed by atoms with Crippen molar-refractivity contribution in [1.82, 2.24) is 10.6 Å². The number of rotatable bonds is 7. The Morgan fingerprint density at radius 2 is 1.73 bits per heavy atom. The van der Waals surface area contributed by atoms with Crippen molar-refractivity contribution in [2.45, 2.75) is 13.3 Å². The fourth-order valence-electron chi connectivity index (χ4n) is 1.45. The molecule has 0 spiro atoms. The van der Waals surface area contributed by atoms with E-state index >= 15 is 0 Å². The number of carbonyl (C=O) groups is 3. The van der Waals surface area contributed by atoms with Crippen molar-refractivity contribution in [3.8, 4) is 0 Å². The molecule has 1 aromatic carbocycles. The molecule has 0 aliphatic heterocycles. The van der Waals surface area contributed by atoms with Crippen LogP contribution in [0.3, 0.4) is 0 Å². The third-order valence-electron chi connectivity index (χ3n) is 2.52. The SMILES string of the molecule is CCCNC(=O)CNC(=O)COC(=O)c1c(Cl)cccc1Cl. The number of hydrogen-bond donors (Lipinski definition) is 2. The number of ether oxygens (including phenoxy) is 1. The Labute approximate surface area is 138 Å². The van der Waals surface area contributed by atoms with Gasteiger partial charge in [-0.05, 0) is 18.6 Å². The Balaban J connectivity index is 2.41. The Bertz CT molecular complexity index is 544. The molecule has 2 N–H and O–H groups in total. The highest BCUT2D eigenvalue weighted by Crippen LogP contribution is 2.24. The van der Waals surface area contributed by atoms with Gasteiger partial charge in [0.25, 0.3) is 5.91 Å². The van der Waals surface area contributed by atoms with Gasteiger partial charge in [-0.25, -0.2) is 4.79 Å². The first kappa shape index (κ1) is 18.3. The van der Waals surface area contributed by atoms with Crippen molar-refractivity contribution in [2.24, 2.45) is 0 Å². The highest BCUT2D eigenvalue weighted by molar-refractivity contribution is 6.39. The lowest BCUT2D eigenvalue weighted by atomic mass is 10.2. The van der Waals surface area contributed by atoms with Crippen LogP contribution in [0.2, 0.25) is 10.0 Å². The van der Waals surface area contributed by atoms with Crippen molar-refractivity contribution >= 4 is 41.0 Å². The minimum Gasteiger partial charge on any atom is -0.452 e. The van der Waals surface area contributed by atoms with E-state index in [1.807, 2.05) is 6.92 Å². The van der Waals surface area contributed by atoms with Crippen LogP contribution in [-0.2, 0) is 14.3 Å². The van der Waals surface area contributed by atoms with Crippen LogP contribution in [0.5, 0.6) is 0 Å². The summed E-state index contributed by atoms with van der Waals surface area (Å²) in [6.45, 7) is 1.75. The predicted octanol–water partition coefficient (Wildman–Crippen LogP) is 1.79. The molecule has 22 heavy (non-hydrogen) atoms. The molecule has 8 heteroatoms.